The smallest absolute Gasteiger partial charge is 0.264 e. The Labute approximate surface area is 126 Å². The molecule has 5 heteroatoms. The van der Waals surface area contributed by atoms with Crippen LogP contribution in [-0.2, 0) is 6.42 Å². The maximum atomic E-state index is 12.5. The summed E-state index contributed by atoms with van der Waals surface area (Å²) in [5.74, 6) is 0.495. The van der Waals surface area contributed by atoms with Gasteiger partial charge < -0.3 is 4.74 Å². The van der Waals surface area contributed by atoms with Crippen molar-refractivity contribution in [3.05, 3.63) is 37.8 Å². The van der Waals surface area contributed by atoms with E-state index in [0.717, 1.165) is 16.4 Å². The molecule has 0 saturated carbocycles. The standard InChI is InChI=1S/C14H17IN2O2/c1-3-5-11-13(19-8-4-2)16-12-7-6-10(15)9-17(12)14(11)18/h6-7,9H,3-5,8H2,1-2H3. The summed E-state index contributed by atoms with van der Waals surface area (Å²) in [5.41, 5.74) is 1.29. The lowest BCUT2D eigenvalue weighted by atomic mass is 10.2. The molecule has 2 rings (SSSR count). The van der Waals surface area contributed by atoms with Crippen molar-refractivity contribution in [1.82, 2.24) is 9.38 Å². The summed E-state index contributed by atoms with van der Waals surface area (Å²) in [6.45, 7) is 4.67. The van der Waals surface area contributed by atoms with Crippen LogP contribution in [0.3, 0.4) is 0 Å². The van der Waals surface area contributed by atoms with Gasteiger partial charge in [0, 0.05) is 9.77 Å². The van der Waals surface area contributed by atoms with Gasteiger partial charge in [0.05, 0.1) is 12.2 Å². The molecule has 0 spiro atoms. The van der Waals surface area contributed by atoms with E-state index in [4.69, 9.17) is 4.74 Å². The van der Waals surface area contributed by atoms with Gasteiger partial charge >= 0.3 is 0 Å². The molecule has 0 aliphatic rings. The fourth-order valence-corrected chi connectivity index (χ4v) is 2.37. The van der Waals surface area contributed by atoms with E-state index in [2.05, 4.69) is 27.6 Å². The molecule has 0 aliphatic heterocycles. The van der Waals surface area contributed by atoms with Crippen molar-refractivity contribution in [2.75, 3.05) is 6.61 Å². The van der Waals surface area contributed by atoms with Crippen LogP contribution in [-0.4, -0.2) is 16.0 Å². The van der Waals surface area contributed by atoms with Gasteiger partial charge in [-0.25, -0.2) is 0 Å². The Balaban J connectivity index is 2.63. The first-order valence-electron chi connectivity index (χ1n) is 6.51. The van der Waals surface area contributed by atoms with Gasteiger partial charge in [0.1, 0.15) is 5.65 Å². The van der Waals surface area contributed by atoms with E-state index in [1.54, 1.807) is 4.40 Å². The molecular weight excluding hydrogens is 355 g/mol. The molecule has 102 valence electrons. The number of aromatic nitrogens is 2. The molecule has 0 aromatic carbocycles. The van der Waals surface area contributed by atoms with Gasteiger partial charge in [0.15, 0.2) is 0 Å². The number of fused-ring (bicyclic) bond motifs is 1. The summed E-state index contributed by atoms with van der Waals surface area (Å²) in [4.78, 5) is 17.0. The molecular formula is C14H17IN2O2. The zero-order chi connectivity index (χ0) is 13.8. The average molecular weight is 372 g/mol. The highest BCUT2D eigenvalue weighted by Gasteiger charge is 2.13. The Morgan fingerprint density at radius 2 is 2.11 bits per heavy atom. The number of hydrogen-bond acceptors (Lipinski definition) is 3. The highest BCUT2D eigenvalue weighted by atomic mass is 127. The van der Waals surface area contributed by atoms with Gasteiger partial charge in [-0.1, -0.05) is 20.3 Å². The fraction of sp³-hybridized carbons (Fsp3) is 0.429. The molecule has 2 aromatic heterocycles. The SMILES string of the molecule is CCCOc1nc2ccc(I)cn2c(=O)c1CCC. The third kappa shape index (κ3) is 3.08. The van der Waals surface area contributed by atoms with Crippen LogP contribution in [0.15, 0.2) is 23.1 Å². The summed E-state index contributed by atoms with van der Waals surface area (Å²) in [7, 11) is 0. The van der Waals surface area contributed by atoms with Crippen molar-refractivity contribution in [3.8, 4) is 5.88 Å². The number of ether oxygens (including phenoxy) is 1. The van der Waals surface area contributed by atoms with Crippen molar-refractivity contribution < 1.29 is 4.74 Å². The van der Waals surface area contributed by atoms with E-state index in [0.29, 0.717) is 30.1 Å². The Hall–Kier alpha value is -1.11. The first-order valence-corrected chi connectivity index (χ1v) is 7.58. The predicted molar refractivity (Wildman–Crippen MR) is 84.0 cm³/mol. The summed E-state index contributed by atoms with van der Waals surface area (Å²) in [6.07, 6.45) is 4.31. The van der Waals surface area contributed by atoms with E-state index >= 15 is 0 Å². The molecule has 0 fully saturated rings. The monoisotopic (exact) mass is 372 g/mol. The van der Waals surface area contributed by atoms with Crippen LogP contribution in [0.25, 0.3) is 5.65 Å². The summed E-state index contributed by atoms with van der Waals surface area (Å²) < 4.78 is 8.25. The number of pyridine rings is 1. The lowest BCUT2D eigenvalue weighted by molar-refractivity contribution is 0.301. The van der Waals surface area contributed by atoms with E-state index in [-0.39, 0.29) is 5.56 Å². The van der Waals surface area contributed by atoms with Crippen LogP contribution in [0, 0.1) is 3.57 Å². The Bertz CT molecular complexity index is 637. The second-order valence-corrected chi connectivity index (χ2v) is 5.62. The zero-order valence-electron chi connectivity index (χ0n) is 11.1. The van der Waals surface area contributed by atoms with Crippen LogP contribution in [0.4, 0.5) is 0 Å². The van der Waals surface area contributed by atoms with Gasteiger partial charge in [0.25, 0.3) is 5.56 Å². The molecule has 0 atom stereocenters. The number of nitrogens with zero attached hydrogens (tertiary/aromatic N) is 2. The number of halogens is 1. The topological polar surface area (TPSA) is 43.6 Å². The number of hydrogen-bond donors (Lipinski definition) is 0. The van der Waals surface area contributed by atoms with Crippen LogP contribution in [0.5, 0.6) is 5.88 Å². The number of rotatable bonds is 5. The van der Waals surface area contributed by atoms with Gasteiger partial charge in [-0.05, 0) is 47.6 Å². The molecule has 0 bridgehead atoms. The van der Waals surface area contributed by atoms with Crippen molar-refractivity contribution in [3.63, 3.8) is 0 Å². The van der Waals surface area contributed by atoms with Gasteiger partial charge in [-0.2, -0.15) is 4.98 Å². The minimum atomic E-state index is -0.0172. The third-order valence-corrected chi connectivity index (χ3v) is 3.42. The second-order valence-electron chi connectivity index (χ2n) is 4.37. The fourth-order valence-electron chi connectivity index (χ4n) is 1.91. The molecule has 0 amide bonds. The third-order valence-electron chi connectivity index (χ3n) is 2.78. The molecule has 0 unspecified atom stereocenters. The van der Waals surface area contributed by atoms with Gasteiger partial charge in [-0.15, -0.1) is 0 Å². The van der Waals surface area contributed by atoms with Crippen LogP contribution in [0.1, 0.15) is 32.3 Å². The molecule has 0 radical (unpaired) electrons. The summed E-state index contributed by atoms with van der Waals surface area (Å²) in [5, 5.41) is 0. The van der Waals surface area contributed by atoms with Crippen LogP contribution in [0.2, 0.25) is 0 Å². The molecule has 0 aliphatic carbocycles. The lowest BCUT2D eigenvalue weighted by Crippen LogP contribution is -2.21. The van der Waals surface area contributed by atoms with Crippen LogP contribution >= 0.6 is 22.6 Å². The molecule has 4 nitrogen and oxygen atoms in total. The first kappa shape index (κ1) is 14.3. The second kappa shape index (κ2) is 6.36. The van der Waals surface area contributed by atoms with E-state index < -0.39 is 0 Å². The molecule has 0 N–H and O–H groups in total. The van der Waals surface area contributed by atoms with Crippen molar-refractivity contribution >= 4 is 28.2 Å². The quantitative estimate of drug-likeness (QED) is 0.758. The first-order chi connectivity index (χ1) is 9.17. The predicted octanol–water partition coefficient (Wildman–Crippen LogP) is 3.04. The summed E-state index contributed by atoms with van der Waals surface area (Å²) in [6, 6.07) is 3.78. The van der Waals surface area contributed by atoms with Crippen molar-refractivity contribution in [2.45, 2.75) is 33.1 Å². The normalized spacial score (nSPS) is 10.9. The Morgan fingerprint density at radius 3 is 2.79 bits per heavy atom. The molecule has 2 heterocycles. The largest absolute Gasteiger partial charge is 0.477 e. The minimum absolute atomic E-state index is 0.0172. The van der Waals surface area contributed by atoms with Crippen LogP contribution < -0.4 is 10.3 Å². The van der Waals surface area contributed by atoms with Crippen molar-refractivity contribution in [1.29, 1.82) is 0 Å². The Morgan fingerprint density at radius 1 is 1.32 bits per heavy atom. The van der Waals surface area contributed by atoms with Gasteiger partial charge in [0.2, 0.25) is 5.88 Å². The minimum Gasteiger partial charge on any atom is -0.477 e. The van der Waals surface area contributed by atoms with Crippen molar-refractivity contribution in [2.24, 2.45) is 0 Å². The van der Waals surface area contributed by atoms with E-state index in [1.165, 1.54) is 0 Å². The molecule has 19 heavy (non-hydrogen) atoms. The van der Waals surface area contributed by atoms with Gasteiger partial charge in [-0.3, -0.25) is 9.20 Å². The highest BCUT2D eigenvalue weighted by molar-refractivity contribution is 14.1. The lowest BCUT2D eigenvalue weighted by Gasteiger charge is -2.11. The summed E-state index contributed by atoms with van der Waals surface area (Å²) >= 11 is 2.19. The zero-order valence-corrected chi connectivity index (χ0v) is 13.3. The van der Waals surface area contributed by atoms with E-state index in [9.17, 15) is 4.79 Å². The molecule has 0 saturated heterocycles. The maximum Gasteiger partial charge on any atom is 0.264 e. The average Bonchev–Trinajstić information content (AvgIpc) is 2.41. The van der Waals surface area contributed by atoms with E-state index in [1.807, 2.05) is 32.2 Å². The molecule has 2 aromatic rings. The highest BCUT2D eigenvalue weighted by Crippen LogP contribution is 2.16. The maximum absolute atomic E-state index is 12.5. The Kier molecular flexibility index (Phi) is 4.79.